The van der Waals surface area contributed by atoms with E-state index in [0.717, 1.165) is 0 Å². The SMILES string of the molecule is FC(F)(F)c1cc(-c2nc3ccccc3[nH]2)c(C(F)(F)F)cc1Br. The molecule has 126 valence electrons. The summed E-state index contributed by atoms with van der Waals surface area (Å²) in [6.45, 7) is 0. The van der Waals surface area contributed by atoms with Gasteiger partial charge in [0.05, 0.1) is 22.2 Å². The average Bonchev–Trinajstić information content (AvgIpc) is 2.88. The first-order chi connectivity index (χ1) is 11.1. The van der Waals surface area contributed by atoms with Crippen LogP contribution >= 0.6 is 15.9 Å². The van der Waals surface area contributed by atoms with E-state index < -0.39 is 33.5 Å². The van der Waals surface area contributed by atoms with Crippen molar-refractivity contribution in [2.75, 3.05) is 0 Å². The Labute approximate surface area is 139 Å². The minimum atomic E-state index is -4.83. The number of H-pyrrole nitrogens is 1. The molecule has 0 radical (unpaired) electrons. The van der Waals surface area contributed by atoms with E-state index in [0.29, 0.717) is 23.2 Å². The Morgan fingerprint density at radius 2 is 1.50 bits per heavy atom. The summed E-state index contributed by atoms with van der Waals surface area (Å²) in [5, 5.41) is 0. The van der Waals surface area contributed by atoms with Crippen LogP contribution in [0.3, 0.4) is 0 Å². The Balaban J connectivity index is 2.31. The van der Waals surface area contributed by atoms with E-state index in [9.17, 15) is 26.3 Å². The van der Waals surface area contributed by atoms with Crippen molar-refractivity contribution < 1.29 is 26.3 Å². The molecule has 24 heavy (non-hydrogen) atoms. The van der Waals surface area contributed by atoms with Crippen LogP contribution in [0.1, 0.15) is 11.1 Å². The highest BCUT2D eigenvalue weighted by molar-refractivity contribution is 9.10. The molecule has 0 fully saturated rings. The van der Waals surface area contributed by atoms with Gasteiger partial charge in [-0.05, 0) is 24.3 Å². The second-order valence-corrected chi connectivity index (χ2v) is 5.83. The monoisotopic (exact) mass is 408 g/mol. The maximum Gasteiger partial charge on any atom is 0.417 e. The standard InChI is InChI=1S/C15H7BrF6N2/c16-10-6-8(14(17,18)19)7(5-9(10)15(20,21)22)13-23-11-3-1-2-4-12(11)24-13/h1-6H,(H,23,24). The zero-order chi connectivity index (χ0) is 17.7. The van der Waals surface area contributed by atoms with Gasteiger partial charge in [-0.3, -0.25) is 0 Å². The van der Waals surface area contributed by atoms with E-state index in [1.54, 1.807) is 24.3 Å². The first-order valence-electron chi connectivity index (χ1n) is 6.50. The zero-order valence-corrected chi connectivity index (χ0v) is 13.1. The maximum absolute atomic E-state index is 13.3. The summed E-state index contributed by atoms with van der Waals surface area (Å²) in [6.07, 6.45) is -9.63. The van der Waals surface area contributed by atoms with Crippen molar-refractivity contribution in [3.05, 3.63) is 52.0 Å². The van der Waals surface area contributed by atoms with Crippen molar-refractivity contribution in [2.45, 2.75) is 12.4 Å². The second-order valence-electron chi connectivity index (χ2n) is 4.98. The molecule has 2 nitrogen and oxygen atoms in total. The van der Waals surface area contributed by atoms with Gasteiger partial charge >= 0.3 is 12.4 Å². The summed E-state index contributed by atoms with van der Waals surface area (Å²) in [4.78, 5) is 6.60. The molecule has 0 bridgehead atoms. The topological polar surface area (TPSA) is 28.7 Å². The zero-order valence-electron chi connectivity index (χ0n) is 11.6. The molecule has 0 aliphatic heterocycles. The summed E-state index contributed by atoms with van der Waals surface area (Å²) in [7, 11) is 0. The van der Waals surface area contributed by atoms with Gasteiger partial charge in [0.25, 0.3) is 0 Å². The van der Waals surface area contributed by atoms with Gasteiger partial charge < -0.3 is 4.98 Å². The summed E-state index contributed by atoms with van der Waals surface area (Å²) >= 11 is 2.57. The summed E-state index contributed by atoms with van der Waals surface area (Å²) < 4.78 is 78.2. The minimum absolute atomic E-state index is 0.276. The highest BCUT2D eigenvalue weighted by Gasteiger charge is 2.39. The normalized spacial score (nSPS) is 12.8. The van der Waals surface area contributed by atoms with Crippen molar-refractivity contribution in [3.8, 4) is 11.4 Å². The number of hydrogen-bond acceptors (Lipinski definition) is 1. The summed E-state index contributed by atoms with van der Waals surface area (Å²) in [6, 6.07) is 7.25. The summed E-state index contributed by atoms with van der Waals surface area (Å²) in [5.74, 6) is -0.276. The van der Waals surface area contributed by atoms with Crippen LogP contribution in [0, 0.1) is 0 Å². The van der Waals surface area contributed by atoms with Crippen LogP contribution in [0.2, 0.25) is 0 Å². The Bertz CT molecular complexity index is 877. The van der Waals surface area contributed by atoms with Crippen LogP contribution < -0.4 is 0 Å². The average molecular weight is 409 g/mol. The van der Waals surface area contributed by atoms with Gasteiger partial charge in [-0.2, -0.15) is 26.3 Å². The van der Waals surface area contributed by atoms with Crippen molar-refractivity contribution in [1.82, 2.24) is 9.97 Å². The highest BCUT2D eigenvalue weighted by atomic mass is 79.9. The smallest absolute Gasteiger partial charge is 0.338 e. The molecule has 0 spiro atoms. The number of nitrogens with zero attached hydrogens (tertiary/aromatic N) is 1. The molecule has 2 aromatic carbocycles. The minimum Gasteiger partial charge on any atom is -0.338 e. The number of fused-ring (bicyclic) bond motifs is 1. The lowest BCUT2D eigenvalue weighted by atomic mass is 10.0. The number of imidazole rings is 1. The van der Waals surface area contributed by atoms with Crippen molar-refractivity contribution in [2.24, 2.45) is 0 Å². The van der Waals surface area contributed by atoms with Gasteiger partial charge in [0.2, 0.25) is 0 Å². The van der Waals surface area contributed by atoms with Crippen molar-refractivity contribution in [3.63, 3.8) is 0 Å². The number of alkyl halides is 6. The Hall–Kier alpha value is -2.03. The van der Waals surface area contributed by atoms with Gasteiger partial charge in [0, 0.05) is 10.0 Å². The maximum atomic E-state index is 13.3. The molecule has 0 amide bonds. The first-order valence-corrected chi connectivity index (χ1v) is 7.30. The van der Waals surface area contributed by atoms with E-state index >= 15 is 0 Å². The number of aromatic nitrogens is 2. The Morgan fingerprint density at radius 1 is 0.875 bits per heavy atom. The van der Waals surface area contributed by atoms with Gasteiger partial charge in [-0.15, -0.1) is 0 Å². The third-order valence-corrected chi connectivity index (χ3v) is 4.02. The number of nitrogens with one attached hydrogen (secondary N) is 1. The van der Waals surface area contributed by atoms with Gasteiger partial charge in [-0.25, -0.2) is 4.98 Å². The molecule has 0 atom stereocenters. The molecule has 3 rings (SSSR count). The number of rotatable bonds is 1. The molecule has 3 aromatic rings. The lowest BCUT2D eigenvalue weighted by Crippen LogP contribution is -2.12. The van der Waals surface area contributed by atoms with Gasteiger partial charge in [0.1, 0.15) is 5.82 Å². The third-order valence-electron chi connectivity index (χ3n) is 3.36. The Morgan fingerprint density at radius 3 is 2.08 bits per heavy atom. The van der Waals surface area contributed by atoms with Crippen LogP contribution in [0.15, 0.2) is 40.9 Å². The molecule has 0 saturated carbocycles. The molecule has 1 heterocycles. The molecule has 0 aliphatic rings. The predicted molar refractivity (Wildman–Crippen MR) is 79.2 cm³/mol. The van der Waals surface area contributed by atoms with E-state index in [1.807, 2.05) is 0 Å². The number of para-hydroxylation sites is 2. The van der Waals surface area contributed by atoms with Gasteiger partial charge in [-0.1, -0.05) is 28.1 Å². The van der Waals surface area contributed by atoms with Crippen LogP contribution in [0.4, 0.5) is 26.3 Å². The molecule has 1 aromatic heterocycles. The lowest BCUT2D eigenvalue weighted by Gasteiger charge is -2.16. The number of halogens is 7. The number of hydrogen-bond donors (Lipinski definition) is 1. The first kappa shape index (κ1) is 16.8. The number of aromatic amines is 1. The van der Waals surface area contributed by atoms with E-state index in [-0.39, 0.29) is 5.82 Å². The quantitative estimate of drug-likeness (QED) is 0.489. The highest BCUT2D eigenvalue weighted by Crippen LogP contribution is 2.43. The molecular formula is C15H7BrF6N2. The lowest BCUT2D eigenvalue weighted by molar-refractivity contribution is -0.141. The fraction of sp³-hybridized carbons (Fsp3) is 0.133. The van der Waals surface area contributed by atoms with E-state index in [2.05, 4.69) is 25.9 Å². The fourth-order valence-electron chi connectivity index (χ4n) is 2.30. The third kappa shape index (κ3) is 3.00. The Kier molecular flexibility index (Phi) is 3.86. The molecule has 1 N–H and O–H groups in total. The van der Waals surface area contributed by atoms with Gasteiger partial charge in [0.15, 0.2) is 0 Å². The molecule has 0 unspecified atom stereocenters. The molecule has 0 saturated heterocycles. The van der Waals surface area contributed by atoms with Crippen molar-refractivity contribution >= 4 is 27.0 Å². The fourth-order valence-corrected chi connectivity index (χ4v) is 2.87. The van der Waals surface area contributed by atoms with E-state index in [4.69, 9.17) is 0 Å². The van der Waals surface area contributed by atoms with Crippen molar-refractivity contribution in [1.29, 1.82) is 0 Å². The number of benzene rings is 2. The second kappa shape index (κ2) is 5.51. The molecular weight excluding hydrogens is 402 g/mol. The van der Waals surface area contributed by atoms with Crippen LogP contribution in [0.5, 0.6) is 0 Å². The van der Waals surface area contributed by atoms with E-state index in [1.165, 1.54) is 0 Å². The van der Waals surface area contributed by atoms with Crippen LogP contribution in [-0.2, 0) is 12.4 Å². The largest absolute Gasteiger partial charge is 0.417 e. The van der Waals surface area contributed by atoms with Crippen LogP contribution in [-0.4, -0.2) is 9.97 Å². The predicted octanol–water partition coefficient (Wildman–Crippen LogP) is 6.03. The summed E-state index contributed by atoms with van der Waals surface area (Å²) in [5.41, 5.74) is -2.28. The molecule has 9 heteroatoms. The van der Waals surface area contributed by atoms with Crippen LogP contribution in [0.25, 0.3) is 22.4 Å². The molecule has 0 aliphatic carbocycles.